The Morgan fingerprint density at radius 3 is 2.17 bits per heavy atom. The molecule has 0 saturated carbocycles. The second-order valence-electron chi connectivity index (χ2n) is 7.93. The van der Waals surface area contributed by atoms with Gasteiger partial charge in [-0.05, 0) is 48.9 Å². The van der Waals surface area contributed by atoms with Crippen LogP contribution in [0.2, 0.25) is 0 Å². The topological polar surface area (TPSA) is 22.1 Å². The van der Waals surface area contributed by atoms with Gasteiger partial charge in [0.2, 0.25) is 0 Å². The van der Waals surface area contributed by atoms with Gasteiger partial charge < -0.3 is 4.74 Å². The van der Waals surface area contributed by atoms with Gasteiger partial charge in [0, 0.05) is 22.7 Å². The average molecular weight is 396 g/mol. The summed E-state index contributed by atoms with van der Waals surface area (Å²) in [7, 11) is 0. The van der Waals surface area contributed by atoms with Gasteiger partial charge >= 0.3 is 0 Å². The zero-order valence-electron chi connectivity index (χ0n) is 18.3. The highest BCUT2D eigenvalue weighted by Gasteiger charge is 2.15. The first-order valence-electron chi connectivity index (χ1n) is 10.8. The van der Waals surface area contributed by atoms with Gasteiger partial charge in [-0.2, -0.15) is 0 Å². The second-order valence-corrected chi connectivity index (χ2v) is 7.93. The summed E-state index contributed by atoms with van der Waals surface area (Å²) >= 11 is 0. The molecule has 4 rings (SSSR count). The molecule has 0 N–H and O–H groups in total. The lowest BCUT2D eigenvalue weighted by Gasteiger charge is -2.16. The van der Waals surface area contributed by atoms with Gasteiger partial charge in [0.1, 0.15) is 5.75 Å². The minimum Gasteiger partial charge on any atom is -0.492 e. The molecule has 1 heterocycles. The Kier molecular flexibility index (Phi) is 5.85. The molecule has 0 saturated heterocycles. The fourth-order valence-corrected chi connectivity index (χ4v) is 3.90. The lowest BCUT2D eigenvalue weighted by molar-refractivity contribution is 0.345. The summed E-state index contributed by atoms with van der Waals surface area (Å²) in [5, 5.41) is 1.05. The largest absolute Gasteiger partial charge is 0.492 e. The fourth-order valence-electron chi connectivity index (χ4n) is 3.90. The lowest BCUT2D eigenvalue weighted by Crippen LogP contribution is -1.98. The van der Waals surface area contributed by atoms with Gasteiger partial charge in [0.05, 0.1) is 12.1 Å². The quantitative estimate of drug-likeness (QED) is 0.332. The summed E-state index contributed by atoms with van der Waals surface area (Å²) in [6, 6.07) is 23.8. The van der Waals surface area contributed by atoms with Crippen LogP contribution in [0, 0.1) is 6.92 Å². The second kappa shape index (κ2) is 8.71. The highest BCUT2D eigenvalue weighted by atomic mass is 16.5. The standard InChI is InChI=1S/C28H29NO/c1-5-20(4)21-14-16-22(17-15-21)24-8-7-9-25-27(24)29-18-26(28(25)30-6-2)23-12-10-19(3)11-13-23/h7-18,20H,5-6H2,1-4H3. The Bertz CT molecular complexity index is 1140. The first-order valence-corrected chi connectivity index (χ1v) is 10.8. The number of para-hydroxylation sites is 1. The Hall–Kier alpha value is -3.13. The fraction of sp³-hybridized carbons (Fsp3) is 0.250. The summed E-state index contributed by atoms with van der Waals surface area (Å²) in [6.45, 7) is 9.25. The number of aryl methyl sites for hydroxylation is 1. The maximum Gasteiger partial charge on any atom is 0.138 e. The van der Waals surface area contributed by atoms with Crippen molar-refractivity contribution < 1.29 is 4.74 Å². The van der Waals surface area contributed by atoms with E-state index in [1.165, 1.54) is 16.7 Å². The van der Waals surface area contributed by atoms with Crippen LogP contribution >= 0.6 is 0 Å². The molecule has 0 radical (unpaired) electrons. The molecule has 0 fully saturated rings. The van der Waals surface area contributed by atoms with Gasteiger partial charge in [-0.15, -0.1) is 0 Å². The number of rotatable bonds is 6. The number of fused-ring (bicyclic) bond motifs is 1. The molecule has 0 aliphatic carbocycles. The smallest absolute Gasteiger partial charge is 0.138 e. The van der Waals surface area contributed by atoms with Crippen LogP contribution in [0.4, 0.5) is 0 Å². The Balaban J connectivity index is 1.86. The molecule has 30 heavy (non-hydrogen) atoms. The van der Waals surface area contributed by atoms with Crippen molar-refractivity contribution in [2.24, 2.45) is 0 Å². The van der Waals surface area contributed by atoms with E-state index < -0.39 is 0 Å². The number of nitrogens with zero attached hydrogens (tertiary/aromatic N) is 1. The first-order chi connectivity index (χ1) is 14.6. The molecule has 1 unspecified atom stereocenters. The molecular formula is C28H29NO. The van der Waals surface area contributed by atoms with Crippen molar-refractivity contribution in [1.82, 2.24) is 4.98 Å². The van der Waals surface area contributed by atoms with Crippen LogP contribution in [0.5, 0.6) is 5.75 Å². The number of aromatic nitrogens is 1. The third-order valence-corrected chi connectivity index (χ3v) is 5.90. The molecule has 4 aromatic rings. The van der Waals surface area contributed by atoms with Crippen molar-refractivity contribution >= 4 is 10.9 Å². The van der Waals surface area contributed by atoms with Crippen molar-refractivity contribution in [2.75, 3.05) is 6.61 Å². The molecule has 0 amide bonds. The Morgan fingerprint density at radius 1 is 0.833 bits per heavy atom. The highest BCUT2D eigenvalue weighted by molar-refractivity contribution is 6.00. The van der Waals surface area contributed by atoms with Crippen LogP contribution in [-0.4, -0.2) is 11.6 Å². The molecule has 0 spiro atoms. The third kappa shape index (κ3) is 3.82. The molecule has 1 aromatic heterocycles. The summed E-state index contributed by atoms with van der Waals surface area (Å²) in [5.74, 6) is 1.48. The summed E-state index contributed by atoms with van der Waals surface area (Å²) in [6.07, 6.45) is 3.10. The van der Waals surface area contributed by atoms with Crippen molar-refractivity contribution in [3.63, 3.8) is 0 Å². The Labute approximate surface area is 179 Å². The van der Waals surface area contributed by atoms with Crippen molar-refractivity contribution in [2.45, 2.75) is 40.0 Å². The van der Waals surface area contributed by atoms with Crippen LogP contribution in [-0.2, 0) is 0 Å². The maximum absolute atomic E-state index is 6.15. The third-order valence-electron chi connectivity index (χ3n) is 5.90. The first kappa shape index (κ1) is 20.2. The van der Waals surface area contributed by atoms with E-state index in [1.54, 1.807) is 0 Å². The van der Waals surface area contributed by atoms with Crippen LogP contribution in [0.25, 0.3) is 33.2 Å². The van der Waals surface area contributed by atoms with E-state index in [4.69, 9.17) is 9.72 Å². The number of ether oxygens (including phenoxy) is 1. The predicted octanol–water partition coefficient (Wildman–Crippen LogP) is 7.79. The van der Waals surface area contributed by atoms with Crippen LogP contribution in [0.15, 0.2) is 72.9 Å². The van der Waals surface area contributed by atoms with Crippen molar-refractivity contribution in [3.05, 3.63) is 84.1 Å². The molecule has 0 aliphatic rings. The zero-order chi connectivity index (χ0) is 21.1. The van der Waals surface area contributed by atoms with E-state index in [0.717, 1.165) is 39.8 Å². The predicted molar refractivity (Wildman–Crippen MR) is 127 cm³/mol. The van der Waals surface area contributed by atoms with Crippen molar-refractivity contribution in [3.8, 4) is 28.0 Å². The van der Waals surface area contributed by atoms with E-state index in [0.29, 0.717) is 12.5 Å². The normalized spacial score (nSPS) is 12.1. The number of hydrogen-bond acceptors (Lipinski definition) is 2. The molecule has 152 valence electrons. The highest BCUT2D eigenvalue weighted by Crippen LogP contribution is 2.39. The van der Waals surface area contributed by atoms with Gasteiger partial charge in [-0.3, -0.25) is 4.98 Å². The Morgan fingerprint density at radius 2 is 1.50 bits per heavy atom. The van der Waals surface area contributed by atoms with Crippen LogP contribution < -0.4 is 4.74 Å². The number of hydrogen-bond donors (Lipinski definition) is 0. The molecule has 0 aliphatic heterocycles. The minimum absolute atomic E-state index is 0.575. The average Bonchev–Trinajstić information content (AvgIpc) is 2.79. The molecule has 3 aromatic carbocycles. The van der Waals surface area contributed by atoms with E-state index in [2.05, 4.69) is 87.5 Å². The monoisotopic (exact) mass is 395 g/mol. The number of benzene rings is 3. The summed E-state index contributed by atoms with van der Waals surface area (Å²) in [4.78, 5) is 4.89. The van der Waals surface area contributed by atoms with E-state index >= 15 is 0 Å². The summed E-state index contributed by atoms with van der Waals surface area (Å²) < 4.78 is 6.15. The van der Waals surface area contributed by atoms with Gasteiger partial charge in [0.15, 0.2) is 0 Å². The zero-order valence-corrected chi connectivity index (χ0v) is 18.3. The summed E-state index contributed by atoms with van der Waals surface area (Å²) in [5.41, 5.74) is 8.09. The van der Waals surface area contributed by atoms with E-state index in [-0.39, 0.29) is 0 Å². The van der Waals surface area contributed by atoms with E-state index in [9.17, 15) is 0 Å². The SMILES string of the molecule is CCOc1c(-c2ccc(C)cc2)cnc2c(-c3ccc(C(C)CC)cc3)cccc12. The minimum atomic E-state index is 0.575. The van der Waals surface area contributed by atoms with Crippen LogP contribution in [0.1, 0.15) is 44.2 Å². The lowest BCUT2D eigenvalue weighted by atomic mass is 9.94. The molecule has 0 bridgehead atoms. The van der Waals surface area contributed by atoms with Crippen molar-refractivity contribution in [1.29, 1.82) is 0 Å². The molecule has 2 heteroatoms. The van der Waals surface area contributed by atoms with Gasteiger partial charge in [-0.25, -0.2) is 0 Å². The number of pyridine rings is 1. The van der Waals surface area contributed by atoms with Gasteiger partial charge in [-0.1, -0.05) is 80.1 Å². The molecule has 2 nitrogen and oxygen atoms in total. The van der Waals surface area contributed by atoms with Gasteiger partial charge in [0.25, 0.3) is 0 Å². The van der Waals surface area contributed by atoms with E-state index in [1.807, 2.05) is 13.1 Å². The molecular weight excluding hydrogens is 366 g/mol. The van der Waals surface area contributed by atoms with Crippen LogP contribution in [0.3, 0.4) is 0 Å². The maximum atomic E-state index is 6.15. The molecule has 1 atom stereocenters.